The van der Waals surface area contributed by atoms with Crippen molar-refractivity contribution in [3.63, 3.8) is 0 Å². The van der Waals surface area contributed by atoms with Crippen molar-refractivity contribution in [2.45, 2.75) is 37.8 Å². The molecule has 0 saturated carbocycles. The Labute approximate surface area is 103 Å². The third-order valence-electron chi connectivity index (χ3n) is 3.30. The summed E-state index contributed by atoms with van der Waals surface area (Å²) in [4.78, 5) is 0. The zero-order valence-corrected chi connectivity index (χ0v) is 10.4. The molecular formula is C14H21NO2. The molecule has 1 aromatic carbocycles. The van der Waals surface area contributed by atoms with E-state index in [1.807, 2.05) is 18.2 Å². The molecule has 0 aromatic heterocycles. The van der Waals surface area contributed by atoms with Crippen molar-refractivity contribution >= 4 is 0 Å². The Morgan fingerprint density at radius 2 is 2.35 bits per heavy atom. The van der Waals surface area contributed by atoms with Crippen molar-refractivity contribution in [2.75, 3.05) is 13.7 Å². The van der Waals surface area contributed by atoms with Crippen LogP contribution in [0.5, 0.6) is 5.75 Å². The fraction of sp³-hybridized carbons (Fsp3) is 0.571. The Bertz CT molecular complexity index is 348. The van der Waals surface area contributed by atoms with Crippen LogP contribution in [0.2, 0.25) is 0 Å². The molecule has 2 N–H and O–H groups in total. The number of hydrogen-bond donors (Lipinski definition) is 1. The minimum absolute atomic E-state index is 0.0856. The largest absolute Gasteiger partial charge is 0.497 e. The molecule has 94 valence electrons. The van der Waals surface area contributed by atoms with Gasteiger partial charge in [-0.3, -0.25) is 0 Å². The van der Waals surface area contributed by atoms with E-state index in [2.05, 4.69) is 6.07 Å². The molecule has 1 aliphatic heterocycles. The molecule has 0 spiro atoms. The van der Waals surface area contributed by atoms with Gasteiger partial charge in [0.1, 0.15) is 5.75 Å². The third kappa shape index (κ3) is 3.45. The normalized spacial score (nSPS) is 22.1. The minimum atomic E-state index is 0.0856. The first kappa shape index (κ1) is 12.4. The number of methoxy groups -OCH3 is 1. The predicted octanol–water partition coefficient (Wildman–Crippen LogP) is 2.13. The molecule has 0 bridgehead atoms. The maximum absolute atomic E-state index is 6.21. The number of ether oxygens (including phenoxy) is 2. The molecular weight excluding hydrogens is 214 g/mol. The van der Waals surface area contributed by atoms with Crippen LogP contribution in [-0.4, -0.2) is 25.9 Å². The Morgan fingerprint density at radius 3 is 3.06 bits per heavy atom. The van der Waals surface area contributed by atoms with Crippen molar-refractivity contribution in [3.05, 3.63) is 29.8 Å². The van der Waals surface area contributed by atoms with Crippen LogP contribution in [0.1, 0.15) is 24.8 Å². The van der Waals surface area contributed by atoms with Gasteiger partial charge in [0.2, 0.25) is 0 Å². The SMILES string of the molecule is COc1cccc(CC(N)C2CCCCO2)c1. The first-order chi connectivity index (χ1) is 8.29. The molecule has 3 heteroatoms. The van der Waals surface area contributed by atoms with E-state index in [-0.39, 0.29) is 12.1 Å². The highest BCUT2D eigenvalue weighted by atomic mass is 16.5. The van der Waals surface area contributed by atoms with Crippen molar-refractivity contribution in [2.24, 2.45) is 5.73 Å². The molecule has 1 fully saturated rings. The number of nitrogens with two attached hydrogens (primary N) is 1. The molecule has 3 nitrogen and oxygen atoms in total. The van der Waals surface area contributed by atoms with Gasteiger partial charge in [-0.05, 0) is 43.4 Å². The predicted molar refractivity (Wildman–Crippen MR) is 68.3 cm³/mol. The minimum Gasteiger partial charge on any atom is -0.497 e. The topological polar surface area (TPSA) is 44.5 Å². The first-order valence-corrected chi connectivity index (χ1v) is 6.29. The van der Waals surface area contributed by atoms with Gasteiger partial charge in [-0.25, -0.2) is 0 Å². The van der Waals surface area contributed by atoms with Crippen molar-refractivity contribution < 1.29 is 9.47 Å². The smallest absolute Gasteiger partial charge is 0.119 e. The summed E-state index contributed by atoms with van der Waals surface area (Å²) in [5.41, 5.74) is 7.42. The monoisotopic (exact) mass is 235 g/mol. The summed E-state index contributed by atoms with van der Waals surface area (Å²) >= 11 is 0. The second-order valence-corrected chi connectivity index (χ2v) is 4.62. The van der Waals surface area contributed by atoms with Crippen molar-refractivity contribution in [1.29, 1.82) is 0 Å². The lowest BCUT2D eigenvalue weighted by molar-refractivity contribution is 0.000628. The highest BCUT2D eigenvalue weighted by molar-refractivity contribution is 5.29. The van der Waals surface area contributed by atoms with Crippen LogP contribution in [0.15, 0.2) is 24.3 Å². The second-order valence-electron chi connectivity index (χ2n) is 4.62. The van der Waals surface area contributed by atoms with E-state index in [1.165, 1.54) is 18.4 Å². The Kier molecular flexibility index (Phi) is 4.40. The average Bonchev–Trinajstić information content (AvgIpc) is 2.40. The second kappa shape index (κ2) is 6.03. The Morgan fingerprint density at radius 1 is 1.47 bits per heavy atom. The van der Waals surface area contributed by atoms with Gasteiger partial charge in [-0.15, -0.1) is 0 Å². The fourth-order valence-electron chi connectivity index (χ4n) is 2.31. The third-order valence-corrected chi connectivity index (χ3v) is 3.30. The summed E-state index contributed by atoms with van der Waals surface area (Å²) in [5, 5.41) is 0. The lowest BCUT2D eigenvalue weighted by Gasteiger charge is -2.28. The first-order valence-electron chi connectivity index (χ1n) is 6.29. The van der Waals surface area contributed by atoms with Crippen molar-refractivity contribution in [1.82, 2.24) is 0 Å². The van der Waals surface area contributed by atoms with E-state index in [9.17, 15) is 0 Å². The van der Waals surface area contributed by atoms with E-state index < -0.39 is 0 Å². The standard InChI is InChI=1S/C14H21NO2/c1-16-12-6-4-5-11(9-12)10-13(15)14-7-2-3-8-17-14/h4-6,9,13-14H,2-3,7-8,10,15H2,1H3. The summed E-state index contributed by atoms with van der Waals surface area (Å²) in [5.74, 6) is 0.888. The van der Waals surface area contributed by atoms with Gasteiger partial charge >= 0.3 is 0 Å². The van der Waals surface area contributed by atoms with Gasteiger partial charge in [-0.2, -0.15) is 0 Å². The summed E-state index contributed by atoms with van der Waals surface area (Å²) < 4.78 is 10.9. The molecule has 17 heavy (non-hydrogen) atoms. The van der Waals surface area contributed by atoms with Gasteiger partial charge < -0.3 is 15.2 Å². The molecule has 1 aliphatic rings. The zero-order chi connectivity index (χ0) is 12.1. The van der Waals surface area contributed by atoms with Crippen LogP contribution in [0.3, 0.4) is 0 Å². The van der Waals surface area contributed by atoms with Gasteiger partial charge in [0.05, 0.1) is 13.2 Å². The van der Waals surface area contributed by atoms with E-state index in [1.54, 1.807) is 7.11 Å². The number of rotatable bonds is 4. The molecule has 1 saturated heterocycles. The van der Waals surface area contributed by atoms with E-state index in [0.717, 1.165) is 25.2 Å². The lowest BCUT2D eigenvalue weighted by Crippen LogP contribution is -2.40. The van der Waals surface area contributed by atoms with Crippen LogP contribution in [0.25, 0.3) is 0 Å². The molecule has 2 rings (SSSR count). The molecule has 0 radical (unpaired) electrons. The maximum atomic E-state index is 6.21. The average molecular weight is 235 g/mol. The number of hydrogen-bond acceptors (Lipinski definition) is 3. The van der Waals surface area contributed by atoms with Crippen molar-refractivity contribution in [3.8, 4) is 5.75 Å². The maximum Gasteiger partial charge on any atom is 0.119 e. The molecule has 1 aromatic rings. The summed E-state index contributed by atoms with van der Waals surface area (Å²) in [6.45, 7) is 0.858. The Balaban J connectivity index is 1.94. The van der Waals surface area contributed by atoms with Crippen LogP contribution in [-0.2, 0) is 11.2 Å². The van der Waals surface area contributed by atoms with Crippen LogP contribution < -0.4 is 10.5 Å². The fourth-order valence-corrected chi connectivity index (χ4v) is 2.31. The van der Waals surface area contributed by atoms with Gasteiger partial charge in [0.25, 0.3) is 0 Å². The summed E-state index contributed by atoms with van der Waals surface area (Å²) in [6.07, 6.45) is 4.56. The quantitative estimate of drug-likeness (QED) is 0.869. The Hall–Kier alpha value is -1.06. The highest BCUT2D eigenvalue weighted by Gasteiger charge is 2.21. The van der Waals surface area contributed by atoms with E-state index in [4.69, 9.17) is 15.2 Å². The summed E-state index contributed by atoms with van der Waals surface area (Å²) in [7, 11) is 1.68. The van der Waals surface area contributed by atoms with E-state index >= 15 is 0 Å². The molecule has 1 heterocycles. The highest BCUT2D eigenvalue weighted by Crippen LogP contribution is 2.19. The van der Waals surface area contributed by atoms with Crippen LogP contribution in [0.4, 0.5) is 0 Å². The van der Waals surface area contributed by atoms with Crippen LogP contribution in [0, 0.1) is 0 Å². The molecule has 2 unspecified atom stereocenters. The van der Waals surface area contributed by atoms with E-state index in [0.29, 0.717) is 0 Å². The number of benzene rings is 1. The van der Waals surface area contributed by atoms with Gasteiger partial charge in [-0.1, -0.05) is 12.1 Å². The summed E-state index contributed by atoms with van der Waals surface area (Å²) in [6, 6.07) is 8.17. The van der Waals surface area contributed by atoms with Crippen LogP contribution >= 0.6 is 0 Å². The molecule has 0 aliphatic carbocycles. The zero-order valence-electron chi connectivity index (χ0n) is 10.4. The van der Waals surface area contributed by atoms with Gasteiger partial charge in [0, 0.05) is 12.6 Å². The molecule has 2 atom stereocenters. The van der Waals surface area contributed by atoms with Gasteiger partial charge in [0.15, 0.2) is 0 Å². The lowest BCUT2D eigenvalue weighted by atomic mass is 9.97. The molecule has 0 amide bonds.